The number of rotatable bonds is 0. The summed E-state index contributed by atoms with van der Waals surface area (Å²) in [4.78, 5) is 4.05. The summed E-state index contributed by atoms with van der Waals surface area (Å²) in [6.45, 7) is 0. The molecular weight excluding hydrogens is 229 g/mol. The summed E-state index contributed by atoms with van der Waals surface area (Å²) in [6.07, 6.45) is 1.65. The Balaban J connectivity index is 2.90. The summed E-state index contributed by atoms with van der Waals surface area (Å²) in [5, 5.41) is 0.584. The van der Waals surface area contributed by atoms with E-state index in [1.54, 1.807) is 18.3 Å². The lowest BCUT2D eigenvalue weighted by Crippen LogP contribution is -1.70. The molecule has 0 fully saturated rings. The van der Waals surface area contributed by atoms with Gasteiger partial charge in [0.2, 0.25) is 0 Å². The van der Waals surface area contributed by atoms with Gasteiger partial charge in [0.15, 0.2) is 10.3 Å². The molecule has 0 aliphatic carbocycles. The Morgan fingerprint density at radius 1 is 1.55 bits per heavy atom. The van der Waals surface area contributed by atoms with Gasteiger partial charge in [0, 0.05) is 12.3 Å². The van der Waals surface area contributed by atoms with Crippen LogP contribution in [0.15, 0.2) is 27.4 Å². The minimum absolute atomic E-state index is 0.584. The SMILES string of the molecule is Clc1ccnc2cc(Br)oc12. The summed E-state index contributed by atoms with van der Waals surface area (Å²) >= 11 is 9.01. The van der Waals surface area contributed by atoms with Crippen LogP contribution in [0.2, 0.25) is 5.02 Å². The molecule has 11 heavy (non-hydrogen) atoms. The zero-order valence-corrected chi connectivity index (χ0v) is 7.69. The third-order valence-corrected chi connectivity index (χ3v) is 2.02. The van der Waals surface area contributed by atoms with Crippen molar-refractivity contribution in [2.75, 3.05) is 0 Å². The monoisotopic (exact) mass is 231 g/mol. The Morgan fingerprint density at radius 2 is 2.36 bits per heavy atom. The normalized spacial score (nSPS) is 10.7. The highest BCUT2D eigenvalue weighted by Gasteiger charge is 2.04. The molecule has 0 atom stereocenters. The van der Waals surface area contributed by atoms with Crippen LogP contribution in [0.1, 0.15) is 0 Å². The molecule has 0 radical (unpaired) electrons. The number of pyridine rings is 1. The van der Waals surface area contributed by atoms with Gasteiger partial charge in [-0.05, 0) is 22.0 Å². The van der Waals surface area contributed by atoms with Gasteiger partial charge in [-0.15, -0.1) is 0 Å². The Hall–Kier alpha value is -0.540. The lowest BCUT2D eigenvalue weighted by atomic mass is 10.4. The first-order valence-electron chi connectivity index (χ1n) is 2.97. The van der Waals surface area contributed by atoms with Gasteiger partial charge >= 0.3 is 0 Å². The van der Waals surface area contributed by atoms with E-state index in [1.807, 2.05) is 0 Å². The highest BCUT2D eigenvalue weighted by molar-refractivity contribution is 9.10. The van der Waals surface area contributed by atoms with E-state index in [4.69, 9.17) is 16.0 Å². The van der Waals surface area contributed by atoms with E-state index in [2.05, 4.69) is 20.9 Å². The van der Waals surface area contributed by atoms with Crippen LogP contribution in [0.5, 0.6) is 0 Å². The molecule has 0 saturated carbocycles. The first kappa shape index (κ1) is 7.13. The average Bonchev–Trinajstić information content (AvgIpc) is 2.31. The van der Waals surface area contributed by atoms with Crippen molar-refractivity contribution in [1.29, 1.82) is 0 Å². The van der Waals surface area contributed by atoms with E-state index >= 15 is 0 Å². The second kappa shape index (κ2) is 2.50. The molecule has 0 N–H and O–H groups in total. The maximum absolute atomic E-state index is 5.82. The van der Waals surface area contributed by atoms with Gasteiger partial charge in [-0.2, -0.15) is 0 Å². The van der Waals surface area contributed by atoms with Crippen molar-refractivity contribution in [3.63, 3.8) is 0 Å². The molecule has 2 nitrogen and oxygen atoms in total. The predicted molar refractivity (Wildman–Crippen MR) is 46.7 cm³/mol. The molecule has 0 spiro atoms. The summed E-state index contributed by atoms with van der Waals surface area (Å²) < 4.78 is 5.87. The highest BCUT2D eigenvalue weighted by atomic mass is 79.9. The highest BCUT2D eigenvalue weighted by Crippen LogP contribution is 2.27. The van der Waals surface area contributed by atoms with Crippen molar-refractivity contribution >= 4 is 38.6 Å². The molecule has 0 saturated heterocycles. The Morgan fingerprint density at radius 3 is 3.09 bits per heavy atom. The standard InChI is InChI=1S/C7H3BrClNO/c8-6-3-5-7(11-6)4(9)1-2-10-5/h1-3H. The largest absolute Gasteiger partial charge is 0.446 e. The molecule has 0 amide bonds. The lowest BCUT2D eigenvalue weighted by molar-refractivity contribution is 0.587. The van der Waals surface area contributed by atoms with E-state index in [0.717, 1.165) is 5.52 Å². The third-order valence-electron chi connectivity index (χ3n) is 1.33. The number of hydrogen-bond acceptors (Lipinski definition) is 2. The third kappa shape index (κ3) is 1.14. The van der Waals surface area contributed by atoms with Crippen molar-refractivity contribution in [3.05, 3.63) is 28.0 Å². The van der Waals surface area contributed by atoms with Crippen molar-refractivity contribution in [2.45, 2.75) is 0 Å². The number of fused-ring (bicyclic) bond motifs is 1. The van der Waals surface area contributed by atoms with Gasteiger partial charge in [-0.1, -0.05) is 11.6 Å². The lowest BCUT2D eigenvalue weighted by Gasteiger charge is -1.87. The van der Waals surface area contributed by atoms with Gasteiger partial charge < -0.3 is 4.42 Å². The summed E-state index contributed by atoms with van der Waals surface area (Å²) in [5.41, 5.74) is 1.39. The van der Waals surface area contributed by atoms with Crippen LogP contribution in [0.25, 0.3) is 11.1 Å². The molecule has 0 bridgehead atoms. The smallest absolute Gasteiger partial charge is 0.172 e. The topological polar surface area (TPSA) is 26.0 Å². The Kier molecular flexibility index (Phi) is 1.62. The molecule has 0 unspecified atom stereocenters. The second-order valence-electron chi connectivity index (χ2n) is 2.06. The fraction of sp³-hybridized carbons (Fsp3) is 0. The molecule has 2 heterocycles. The zero-order chi connectivity index (χ0) is 7.84. The Labute approximate surface area is 76.3 Å². The van der Waals surface area contributed by atoms with Gasteiger partial charge in [0.1, 0.15) is 5.52 Å². The van der Waals surface area contributed by atoms with Gasteiger partial charge in [-0.25, -0.2) is 0 Å². The maximum Gasteiger partial charge on any atom is 0.172 e. The fourth-order valence-corrected chi connectivity index (χ4v) is 1.45. The first-order chi connectivity index (χ1) is 5.27. The number of nitrogens with zero attached hydrogens (tertiary/aromatic N) is 1. The van der Waals surface area contributed by atoms with Crippen molar-refractivity contribution in [2.24, 2.45) is 0 Å². The minimum Gasteiger partial charge on any atom is -0.446 e. The molecular formula is C7H3BrClNO. The minimum atomic E-state index is 0.584. The summed E-state index contributed by atoms with van der Waals surface area (Å²) in [7, 11) is 0. The number of aromatic nitrogens is 1. The molecule has 56 valence electrons. The van der Waals surface area contributed by atoms with E-state index < -0.39 is 0 Å². The van der Waals surface area contributed by atoms with Crippen molar-refractivity contribution in [3.8, 4) is 0 Å². The van der Waals surface area contributed by atoms with Gasteiger partial charge in [-0.3, -0.25) is 4.98 Å². The number of hydrogen-bond donors (Lipinski definition) is 0. The van der Waals surface area contributed by atoms with Crippen LogP contribution in [-0.4, -0.2) is 4.98 Å². The maximum atomic E-state index is 5.82. The van der Waals surface area contributed by atoms with Crippen molar-refractivity contribution in [1.82, 2.24) is 4.98 Å². The van der Waals surface area contributed by atoms with E-state index in [1.165, 1.54) is 0 Å². The molecule has 4 heteroatoms. The summed E-state index contributed by atoms with van der Waals surface area (Å²) in [5.74, 6) is 0. The van der Waals surface area contributed by atoms with Crippen LogP contribution in [0.4, 0.5) is 0 Å². The summed E-state index contributed by atoms with van der Waals surface area (Å²) in [6, 6.07) is 3.47. The second-order valence-corrected chi connectivity index (χ2v) is 3.25. The predicted octanol–water partition coefficient (Wildman–Crippen LogP) is 3.24. The molecule has 0 aromatic carbocycles. The molecule has 2 aromatic rings. The van der Waals surface area contributed by atoms with Gasteiger partial charge in [0.05, 0.1) is 5.02 Å². The van der Waals surface area contributed by atoms with Crippen LogP contribution in [0.3, 0.4) is 0 Å². The molecule has 2 rings (SSSR count). The quantitative estimate of drug-likeness (QED) is 0.697. The van der Waals surface area contributed by atoms with Crippen LogP contribution in [0, 0.1) is 0 Å². The molecule has 2 aromatic heterocycles. The Bertz CT molecular complexity index is 398. The van der Waals surface area contributed by atoms with E-state index in [0.29, 0.717) is 15.3 Å². The number of halogens is 2. The number of furan rings is 1. The first-order valence-corrected chi connectivity index (χ1v) is 4.14. The van der Waals surface area contributed by atoms with Crippen LogP contribution in [-0.2, 0) is 0 Å². The molecule has 0 aliphatic heterocycles. The zero-order valence-electron chi connectivity index (χ0n) is 5.34. The van der Waals surface area contributed by atoms with Gasteiger partial charge in [0.25, 0.3) is 0 Å². The van der Waals surface area contributed by atoms with E-state index in [9.17, 15) is 0 Å². The van der Waals surface area contributed by atoms with E-state index in [-0.39, 0.29) is 0 Å². The van der Waals surface area contributed by atoms with Crippen LogP contribution >= 0.6 is 27.5 Å². The average molecular weight is 232 g/mol. The molecule has 0 aliphatic rings. The fourth-order valence-electron chi connectivity index (χ4n) is 0.878. The van der Waals surface area contributed by atoms with Crippen molar-refractivity contribution < 1.29 is 4.42 Å². The van der Waals surface area contributed by atoms with Crippen LogP contribution < -0.4 is 0 Å².